The molecule has 70 valence electrons. The van der Waals surface area contributed by atoms with Crippen LogP contribution in [0, 0.1) is 0 Å². The molecule has 13 heavy (non-hydrogen) atoms. The molecule has 0 fully saturated rings. The van der Waals surface area contributed by atoms with Gasteiger partial charge in [-0.25, -0.2) is 0 Å². The van der Waals surface area contributed by atoms with Crippen LogP contribution in [-0.2, 0) is 4.79 Å². The molecular formula is C10H14N2O. The van der Waals surface area contributed by atoms with Crippen LogP contribution in [0.15, 0.2) is 24.3 Å². The lowest BCUT2D eigenvalue weighted by molar-refractivity contribution is -0.109. The molecule has 3 heteroatoms. The molecule has 1 aromatic rings. The lowest BCUT2D eigenvalue weighted by Gasteiger charge is -2.13. The molecule has 0 aliphatic heterocycles. The van der Waals surface area contributed by atoms with Crippen molar-refractivity contribution in [3.63, 3.8) is 0 Å². The van der Waals surface area contributed by atoms with Crippen molar-refractivity contribution < 1.29 is 4.79 Å². The fourth-order valence-corrected chi connectivity index (χ4v) is 1.07. The number of rotatable bonds is 3. The molecule has 0 radical (unpaired) electrons. The molecule has 2 N–H and O–H groups in total. The van der Waals surface area contributed by atoms with Crippen molar-refractivity contribution >= 4 is 12.0 Å². The van der Waals surface area contributed by atoms with Crippen LogP contribution in [0.2, 0.25) is 0 Å². The Bertz CT molecular complexity index is 279. The Morgan fingerprint density at radius 2 is 1.85 bits per heavy atom. The zero-order valence-electron chi connectivity index (χ0n) is 7.90. The Morgan fingerprint density at radius 1 is 1.31 bits per heavy atom. The average Bonchev–Trinajstić information content (AvgIpc) is 2.17. The number of carbonyl (C=O) groups excluding carboxylic acids is 1. The highest BCUT2D eigenvalue weighted by Gasteiger charge is 2.03. The van der Waals surface area contributed by atoms with Crippen LogP contribution in [0.5, 0.6) is 0 Å². The molecule has 1 rings (SSSR count). The van der Waals surface area contributed by atoms with Crippen molar-refractivity contribution in [3.8, 4) is 0 Å². The van der Waals surface area contributed by atoms with Crippen molar-refractivity contribution in [1.82, 2.24) is 0 Å². The fraction of sp³-hybridized carbons (Fsp3) is 0.300. The number of aldehydes is 1. The summed E-state index contributed by atoms with van der Waals surface area (Å²) in [7, 11) is 3.93. The SMILES string of the molecule is CN(C)c1ccc(C(N)C=O)cc1. The number of hydrogen-bond acceptors (Lipinski definition) is 3. The molecule has 1 aromatic carbocycles. The first kappa shape index (κ1) is 9.74. The summed E-state index contributed by atoms with van der Waals surface area (Å²) in [6, 6.07) is 7.12. The molecule has 1 unspecified atom stereocenters. The van der Waals surface area contributed by atoms with Crippen molar-refractivity contribution in [2.45, 2.75) is 6.04 Å². The van der Waals surface area contributed by atoms with Crippen LogP contribution >= 0.6 is 0 Å². The van der Waals surface area contributed by atoms with Gasteiger partial charge >= 0.3 is 0 Å². The van der Waals surface area contributed by atoms with Gasteiger partial charge in [0, 0.05) is 19.8 Å². The van der Waals surface area contributed by atoms with Gasteiger partial charge in [0.25, 0.3) is 0 Å². The predicted octanol–water partition coefficient (Wildman–Crippen LogP) is 0.951. The number of carbonyl (C=O) groups is 1. The van der Waals surface area contributed by atoms with E-state index in [0.29, 0.717) is 0 Å². The second kappa shape index (κ2) is 4.05. The van der Waals surface area contributed by atoms with E-state index in [-0.39, 0.29) is 0 Å². The second-order valence-corrected chi connectivity index (χ2v) is 3.15. The Balaban J connectivity index is 2.87. The number of anilines is 1. The van der Waals surface area contributed by atoms with Gasteiger partial charge in [-0.15, -0.1) is 0 Å². The van der Waals surface area contributed by atoms with E-state index in [9.17, 15) is 4.79 Å². The van der Waals surface area contributed by atoms with Crippen molar-refractivity contribution in [3.05, 3.63) is 29.8 Å². The van der Waals surface area contributed by atoms with Gasteiger partial charge < -0.3 is 15.4 Å². The van der Waals surface area contributed by atoms with Gasteiger partial charge in [0.2, 0.25) is 0 Å². The number of nitrogens with two attached hydrogens (primary N) is 1. The predicted molar refractivity (Wildman–Crippen MR) is 53.8 cm³/mol. The van der Waals surface area contributed by atoms with Gasteiger partial charge in [-0.1, -0.05) is 12.1 Å². The maximum absolute atomic E-state index is 10.4. The highest BCUT2D eigenvalue weighted by molar-refractivity contribution is 5.62. The van der Waals surface area contributed by atoms with Gasteiger partial charge in [-0.3, -0.25) is 0 Å². The molecule has 0 saturated carbocycles. The van der Waals surface area contributed by atoms with Crippen LogP contribution in [0.1, 0.15) is 11.6 Å². The van der Waals surface area contributed by atoms with Gasteiger partial charge in [-0.2, -0.15) is 0 Å². The van der Waals surface area contributed by atoms with Gasteiger partial charge in [0.1, 0.15) is 6.29 Å². The quantitative estimate of drug-likeness (QED) is 0.701. The highest BCUT2D eigenvalue weighted by atomic mass is 16.1. The summed E-state index contributed by atoms with van der Waals surface area (Å²) in [4.78, 5) is 12.4. The average molecular weight is 178 g/mol. The largest absolute Gasteiger partial charge is 0.378 e. The minimum Gasteiger partial charge on any atom is -0.378 e. The maximum atomic E-state index is 10.4. The molecule has 0 bridgehead atoms. The summed E-state index contributed by atoms with van der Waals surface area (Å²) in [5.41, 5.74) is 7.49. The third kappa shape index (κ3) is 2.29. The lowest BCUT2D eigenvalue weighted by atomic mass is 10.1. The van der Waals surface area contributed by atoms with E-state index in [1.54, 1.807) is 0 Å². The van der Waals surface area contributed by atoms with Crippen LogP contribution in [0.3, 0.4) is 0 Å². The molecular weight excluding hydrogens is 164 g/mol. The molecule has 3 nitrogen and oxygen atoms in total. The molecule has 0 saturated heterocycles. The van der Waals surface area contributed by atoms with Crippen molar-refractivity contribution in [1.29, 1.82) is 0 Å². The van der Waals surface area contributed by atoms with Crippen LogP contribution in [0.25, 0.3) is 0 Å². The molecule has 0 aliphatic rings. The molecule has 1 atom stereocenters. The Kier molecular flexibility index (Phi) is 3.03. The Labute approximate surface area is 78.2 Å². The van der Waals surface area contributed by atoms with E-state index < -0.39 is 6.04 Å². The number of hydrogen-bond donors (Lipinski definition) is 1. The summed E-state index contributed by atoms with van der Waals surface area (Å²) in [6.45, 7) is 0. The zero-order valence-corrected chi connectivity index (χ0v) is 7.90. The summed E-state index contributed by atoms with van der Waals surface area (Å²) >= 11 is 0. The molecule has 0 heterocycles. The van der Waals surface area contributed by atoms with E-state index in [4.69, 9.17) is 5.73 Å². The van der Waals surface area contributed by atoms with E-state index in [0.717, 1.165) is 17.5 Å². The fourth-order valence-electron chi connectivity index (χ4n) is 1.07. The van der Waals surface area contributed by atoms with Crippen molar-refractivity contribution in [2.75, 3.05) is 19.0 Å². The normalized spacial score (nSPS) is 12.2. The monoisotopic (exact) mass is 178 g/mol. The summed E-state index contributed by atoms with van der Waals surface area (Å²) in [5.74, 6) is 0. The Hall–Kier alpha value is -1.35. The minimum atomic E-state index is -0.504. The highest BCUT2D eigenvalue weighted by Crippen LogP contribution is 2.15. The van der Waals surface area contributed by atoms with E-state index >= 15 is 0 Å². The van der Waals surface area contributed by atoms with Crippen LogP contribution in [0.4, 0.5) is 5.69 Å². The molecule has 0 amide bonds. The summed E-state index contributed by atoms with van der Waals surface area (Å²) in [5, 5.41) is 0. The van der Waals surface area contributed by atoms with Gasteiger partial charge in [0.15, 0.2) is 0 Å². The first-order valence-electron chi connectivity index (χ1n) is 4.13. The number of benzene rings is 1. The maximum Gasteiger partial charge on any atom is 0.141 e. The van der Waals surface area contributed by atoms with Crippen LogP contribution in [-0.4, -0.2) is 20.4 Å². The lowest BCUT2D eigenvalue weighted by Crippen LogP contribution is -2.12. The Morgan fingerprint density at radius 3 is 2.23 bits per heavy atom. The molecule has 0 aromatic heterocycles. The van der Waals surface area contributed by atoms with Gasteiger partial charge in [0.05, 0.1) is 6.04 Å². The second-order valence-electron chi connectivity index (χ2n) is 3.15. The van der Waals surface area contributed by atoms with E-state index in [1.807, 2.05) is 43.3 Å². The van der Waals surface area contributed by atoms with Crippen LogP contribution < -0.4 is 10.6 Å². The smallest absolute Gasteiger partial charge is 0.141 e. The first-order chi connectivity index (χ1) is 6.15. The third-order valence-corrected chi connectivity index (χ3v) is 1.94. The van der Waals surface area contributed by atoms with E-state index in [1.165, 1.54) is 0 Å². The zero-order chi connectivity index (χ0) is 9.84. The molecule has 0 spiro atoms. The summed E-state index contributed by atoms with van der Waals surface area (Å²) in [6.07, 6.45) is 0.741. The summed E-state index contributed by atoms with van der Waals surface area (Å²) < 4.78 is 0. The topological polar surface area (TPSA) is 46.3 Å². The third-order valence-electron chi connectivity index (χ3n) is 1.94. The van der Waals surface area contributed by atoms with Gasteiger partial charge in [-0.05, 0) is 17.7 Å². The van der Waals surface area contributed by atoms with Crippen molar-refractivity contribution in [2.24, 2.45) is 5.73 Å². The first-order valence-corrected chi connectivity index (χ1v) is 4.13. The van der Waals surface area contributed by atoms with E-state index in [2.05, 4.69) is 0 Å². The standard InChI is InChI=1S/C10H14N2O/c1-12(2)9-5-3-8(4-6-9)10(11)7-13/h3-7,10H,11H2,1-2H3. The molecule has 0 aliphatic carbocycles. The number of nitrogens with zero attached hydrogens (tertiary/aromatic N) is 1. The minimum absolute atomic E-state index is 0.504.